The van der Waals surface area contributed by atoms with E-state index in [1.54, 1.807) is 0 Å². The van der Waals surface area contributed by atoms with Gasteiger partial charge in [-0.1, -0.05) is 13.8 Å². The van der Waals surface area contributed by atoms with E-state index in [0.29, 0.717) is 18.8 Å². The van der Waals surface area contributed by atoms with Gasteiger partial charge in [0.15, 0.2) is 5.79 Å². The van der Waals surface area contributed by atoms with Gasteiger partial charge < -0.3 is 19.5 Å². The third kappa shape index (κ3) is 3.13. The number of nitrogens with one attached hydrogen (secondary N) is 1. The molecule has 4 unspecified atom stereocenters. The van der Waals surface area contributed by atoms with Gasteiger partial charge in [0.1, 0.15) is 0 Å². The van der Waals surface area contributed by atoms with E-state index in [2.05, 4.69) is 26.1 Å². The van der Waals surface area contributed by atoms with Gasteiger partial charge in [0, 0.05) is 24.6 Å². The normalized spacial score (nSPS) is 41.2. The predicted octanol–water partition coefficient (Wildman–Crippen LogP) is 2.32. The van der Waals surface area contributed by atoms with Crippen molar-refractivity contribution >= 4 is 0 Å². The van der Waals surface area contributed by atoms with Crippen LogP contribution < -0.4 is 5.32 Å². The number of ether oxygens (including phenoxy) is 3. The summed E-state index contributed by atoms with van der Waals surface area (Å²) in [5, 5.41) is 3.64. The molecule has 4 nitrogen and oxygen atoms in total. The molecule has 1 saturated carbocycles. The highest BCUT2D eigenvalue weighted by molar-refractivity contribution is 5.05. The van der Waals surface area contributed by atoms with Gasteiger partial charge >= 0.3 is 0 Å². The van der Waals surface area contributed by atoms with Gasteiger partial charge in [-0.25, -0.2) is 0 Å². The van der Waals surface area contributed by atoms with Crippen LogP contribution in [0, 0.1) is 5.41 Å². The number of rotatable bonds is 6. The van der Waals surface area contributed by atoms with Gasteiger partial charge in [0.2, 0.25) is 0 Å². The van der Waals surface area contributed by atoms with Crippen molar-refractivity contribution in [1.29, 1.82) is 0 Å². The van der Waals surface area contributed by atoms with Crippen molar-refractivity contribution in [2.24, 2.45) is 5.41 Å². The number of hydrogen-bond donors (Lipinski definition) is 1. The molecular weight excluding hydrogens is 242 g/mol. The first-order valence-corrected chi connectivity index (χ1v) is 7.58. The van der Waals surface area contributed by atoms with Crippen molar-refractivity contribution in [2.45, 2.75) is 71.5 Å². The van der Waals surface area contributed by atoms with E-state index in [9.17, 15) is 0 Å². The highest BCUT2D eigenvalue weighted by atomic mass is 16.7. The molecule has 0 aromatic rings. The monoisotopic (exact) mass is 271 g/mol. The Labute approximate surface area is 117 Å². The molecule has 112 valence electrons. The van der Waals surface area contributed by atoms with Crippen LogP contribution in [0.15, 0.2) is 0 Å². The molecule has 4 heteroatoms. The maximum Gasteiger partial charge on any atom is 0.163 e. The summed E-state index contributed by atoms with van der Waals surface area (Å²) in [5.74, 6) is -0.423. The molecule has 0 aromatic carbocycles. The summed E-state index contributed by atoms with van der Waals surface area (Å²) in [4.78, 5) is 0. The minimum Gasteiger partial charge on any atom is -0.378 e. The van der Waals surface area contributed by atoms with Gasteiger partial charge in [-0.2, -0.15) is 0 Å². The van der Waals surface area contributed by atoms with Gasteiger partial charge in [-0.05, 0) is 33.6 Å². The molecule has 19 heavy (non-hydrogen) atoms. The molecule has 0 spiro atoms. The standard InChI is InChI=1S/C15H29NO3/c1-6-15(5)12(8-13(15)17-7-2)16-9-11-10-18-14(3,4)19-11/h11-13,16H,6-10H2,1-5H3. The molecule has 4 atom stereocenters. The molecule has 0 bridgehead atoms. The quantitative estimate of drug-likeness (QED) is 0.805. The summed E-state index contributed by atoms with van der Waals surface area (Å²) in [6.45, 7) is 12.9. The Hall–Kier alpha value is -0.160. The zero-order valence-electron chi connectivity index (χ0n) is 13.0. The van der Waals surface area contributed by atoms with Crippen molar-refractivity contribution in [3.8, 4) is 0 Å². The van der Waals surface area contributed by atoms with Crippen molar-refractivity contribution in [2.75, 3.05) is 19.8 Å². The third-order valence-electron chi connectivity index (χ3n) is 4.77. The number of hydrogen-bond acceptors (Lipinski definition) is 4. The van der Waals surface area contributed by atoms with Crippen molar-refractivity contribution in [3.63, 3.8) is 0 Å². The Balaban J connectivity index is 1.78. The first-order chi connectivity index (χ1) is 8.91. The van der Waals surface area contributed by atoms with Crippen LogP contribution in [-0.2, 0) is 14.2 Å². The van der Waals surface area contributed by atoms with E-state index in [0.717, 1.165) is 26.0 Å². The van der Waals surface area contributed by atoms with Crippen LogP contribution in [0.5, 0.6) is 0 Å². The fraction of sp³-hybridized carbons (Fsp3) is 1.00. The second kappa shape index (κ2) is 5.68. The van der Waals surface area contributed by atoms with Gasteiger partial charge in [0.25, 0.3) is 0 Å². The topological polar surface area (TPSA) is 39.7 Å². The lowest BCUT2D eigenvalue weighted by atomic mass is 9.61. The molecule has 1 heterocycles. The summed E-state index contributed by atoms with van der Waals surface area (Å²) >= 11 is 0. The van der Waals surface area contributed by atoms with Crippen LogP contribution in [0.3, 0.4) is 0 Å². The first kappa shape index (κ1) is 15.2. The fourth-order valence-electron chi connectivity index (χ4n) is 3.20. The van der Waals surface area contributed by atoms with Crippen LogP contribution in [-0.4, -0.2) is 43.8 Å². The fourth-order valence-corrected chi connectivity index (χ4v) is 3.20. The van der Waals surface area contributed by atoms with Crippen LogP contribution in [0.1, 0.15) is 47.5 Å². The SMILES string of the molecule is CCOC1CC(NCC2COC(C)(C)O2)C1(C)CC. The van der Waals surface area contributed by atoms with Crippen LogP contribution in [0.4, 0.5) is 0 Å². The zero-order valence-corrected chi connectivity index (χ0v) is 13.0. The largest absolute Gasteiger partial charge is 0.378 e. The average molecular weight is 271 g/mol. The van der Waals surface area contributed by atoms with Gasteiger partial charge in [0.05, 0.1) is 18.8 Å². The maximum atomic E-state index is 5.83. The molecule has 2 fully saturated rings. The van der Waals surface area contributed by atoms with Crippen molar-refractivity contribution < 1.29 is 14.2 Å². The Morgan fingerprint density at radius 2 is 2.00 bits per heavy atom. The predicted molar refractivity (Wildman–Crippen MR) is 75.1 cm³/mol. The summed E-state index contributed by atoms with van der Waals surface area (Å²) in [5.41, 5.74) is 0.255. The van der Waals surface area contributed by atoms with Crippen molar-refractivity contribution in [3.05, 3.63) is 0 Å². The highest BCUT2D eigenvalue weighted by Gasteiger charge is 2.51. The highest BCUT2D eigenvalue weighted by Crippen LogP contribution is 2.45. The average Bonchev–Trinajstić information content (AvgIpc) is 2.71. The second-order valence-corrected chi connectivity index (χ2v) is 6.45. The molecule has 0 aromatic heterocycles. The lowest BCUT2D eigenvalue weighted by molar-refractivity contribution is -0.143. The molecular formula is C15H29NO3. The molecule has 0 amide bonds. The Kier molecular flexibility index (Phi) is 4.56. The summed E-state index contributed by atoms with van der Waals surface area (Å²) in [7, 11) is 0. The van der Waals surface area contributed by atoms with Crippen molar-refractivity contribution in [1.82, 2.24) is 5.32 Å². The minimum absolute atomic E-state index is 0.169. The third-order valence-corrected chi connectivity index (χ3v) is 4.77. The van der Waals surface area contributed by atoms with Crippen LogP contribution >= 0.6 is 0 Å². The molecule has 2 aliphatic rings. The Bertz CT molecular complexity index is 308. The molecule has 1 aliphatic carbocycles. The van der Waals surface area contributed by atoms with Gasteiger partial charge in [-0.15, -0.1) is 0 Å². The van der Waals surface area contributed by atoms with Crippen LogP contribution in [0.2, 0.25) is 0 Å². The second-order valence-electron chi connectivity index (χ2n) is 6.45. The summed E-state index contributed by atoms with van der Waals surface area (Å²) in [6, 6.07) is 0.529. The molecule has 1 saturated heterocycles. The van der Waals surface area contributed by atoms with E-state index >= 15 is 0 Å². The maximum absolute atomic E-state index is 5.83. The molecule has 0 radical (unpaired) electrons. The summed E-state index contributed by atoms with van der Waals surface area (Å²) in [6.07, 6.45) is 2.82. The molecule has 1 aliphatic heterocycles. The van der Waals surface area contributed by atoms with E-state index in [1.165, 1.54) is 0 Å². The first-order valence-electron chi connectivity index (χ1n) is 7.58. The molecule has 2 rings (SSSR count). The van der Waals surface area contributed by atoms with E-state index < -0.39 is 5.79 Å². The zero-order chi connectivity index (χ0) is 14.1. The Morgan fingerprint density at radius 1 is 1.26 bits per heavy atom. The Morgan fingerprint density at radius 3 is 2.53 bits per heavy atom. The van der Waals surface area contributed by atoms with E-state index in [1.807, 2.05) is 13.8 Å². The lowest BCUT2D eigenvalue weighted by Gasteiger charge is -2.54. The summed E-state index contributed by atoms with van der Waals surface area (Å²) < 4.78 is 17.2. The van der Waals surface area contributed by atoms with E-state index in [-0.39, 0.29) is 11.5 Å². The minimum atomic E-state index is -0.423. The van der Waals surface area contributed by atoms with Gasteiger partial charge in [-0.3, -0.25) is 0 Å². The lowest BCUT2D eigenvalue weighted by Crippen LogP contribution is -2.63. The van der Waals surface area contributed by atoms with E-state index in [4.69, 9.17) is 14.2 Å². The molecule has 1 N–H and O–H groups in total. The van der Waals surface area contributed by atoms with Crippen LogP contribution in [0.25, 0.3) is 0 Å². The smallest absolute Gasteiger partial charge is 0.163 e.